The number of carbonyl (C=O) groups excluding carboxylic acids is 1. The molecule has 30 heavy (non-hydrogen) atoms. The van der Waals surface area contributed by atoms with E-state index in [1.54, 1.807) is 11.5 Å². The number of amides is 1. The Balaban J connectivity index is 0.00000128. The third-order valence-corrected chi connectivity index (χ3v) is 6.70. The summed E-state index contributed by atoms with van der Waals surface area (Å²) in [4.78, 5) is 19.1. The summed E-state index contributed by atoms with van der Waals surface area (Å²) in [5.41, 5.74) is 2.06. The molecule has 2 aliphatic heterocycles. The van der Waals surface area contributed by atoms with E-state index < -0.39 is 0 Å². The van der Waals surface area contributed by atoms with Crippen LogP contribution in [0.15, 0.2) is 42.5 Å². The highest BCUT2D eigenvalue weighted by molar-refractivity contribution is 7.13. The van der Waals surface area contributed by atoms with Crippen LogP contribution in [0.25, 0.3) is 10.1 Å². The van der Waals surface area contributed by atoms with Gasteiger partial charge in [0.2, 0.25) is 5.91 Å². The third-order valence-electron chi connectivity index (χ3n) is 5.65. The molecular weight excluding hydrogens is 443 g/mol. The maximum absolute atomic E-state index is 12.4. The van der Waals surface area contributed by atoms with Gasteiger partial charge in [-0.3, -0.25) is 9.69 Å². The number of piperazine rings is 1. The fourth-order valence-electron chi connectivity index (χ4n) is 4.10. The van der Waals surface area contributed by atoms with Crippen molar-refractivity contribution in [3.8, 4) is 0 Å². The topological polar surface area (TPSA) is 71.2 Å². The minimum atomic E-state index is 0. The maximum atomic E-state index is 12.4. The molecule has 0 spiro atoms. The Morgan fingerprint density at radius 3 is 2.60 bits per heavy atom. The monoisotopic (exact) mass is 466 g/mol. The highest BCUT2D eigenvalue weighted by atomic mass is 35.5. The Morgan fingerprint density at radius 2 is 1.80 bits per heavy atom. The predicted octanol–water partition coefficient (Wildman–Crippen LogP) is 3.26. The zero-order valence-corrected chi connectivity index (χ0v) is 18.8. The van der Waals surface area contributed by atoms with Crippen molar-refractivity contribution in [2.45, 2.75) is 6.42 Å². The summed E-state index contributed by atoms with van der Waals surface area (Å²) in [5.74, 6) is 1.28. The first-order valence-electron chi connectivity index (χ1n) is 9.59. The molecule has 3 aromatic rings. The number of anilines is 2. The van der Waals surface area contributed by atoms with Crippen molar-refractivity contribution >= 4 is 63.0 Å². The first-order valence-corrected chi connectivity index (χ1v) is 10.7. The molecule has 0 saturated carbocycles. The van der Waals surface area contributed by atoms with E-state index in [0.717, 1.165) is 49.8 Å². The van der Waals surface area contributed by atoms with Crippen molar-refractivity contribution in [2.75, 3.05) is 49.1 Å². The lowest BCUT2D eigenvalue weighted by molar-refractivity contribution is -0.117. The summed E-state index contributed by atoms with van der Waals surface area (Å²) < 4.78 is 5.92. The maximum Gasteiger partial charge on any atom is 0.231 e. The molecule has 1 fully saturated rings. The van der Waals surface area contributed by atoms with Gasteiger partial charge >= 0.3 is 0 Å². The van der Waals surface area contributed by atoms with Gasteiger partial charge in [0.25, 0.3) is 0 Å². The summed E-state index contributed by atoms with van der Waals surface area (Å²) in [6.45, 7) is 5.48. The van der Waals surface area contributed by atoms with Gasteiger partial charge in [-0.1, -0.05) is 29.8 Å². The highest BCUT2D eigenvalue weighted by Gasteiger charge is 2.28. The molecule has 160 valence electrons. The number of hydrogen-bond acceptors (Lipinski definition) is 5. The van der Waals surface area contributed by atoms with E-state index in [4.69, 9.17) is 11.6 Å². The van der Waals surface area contributed by atoms with Crippen LogP contribution in [0, 0.1) is 0 Å². The number of rotatable bonds is 4. The number of hydrogen-bond donors (Lipinski definition) is 0. The lowest BCUT2D eigenvalue weighted by Gasteiger charge is -2.35. The zero-order chi connectivity index (χ0) is 19.1. The Bertz CT molecular complexity index is 1040. The van der Waals surface area contributed by atoms with Crippen molar-refractivity contribution in [1.82, 2.24) is 9.27 Å². The molecule has 9 heteroatoms. The first kappa shape index (κ1) is 22.8. The fraction of sp³-hybridized carbons (Fsp3) is 0.333. The van der Waals surface area contributed by atoms with E-state index in [1.807, 2.05) is 23.1 Å². The Morgan fingerprint density at radius 1 is 1.03 bits per heavy atom. The normalized spacial score (nSPS) is 16.4. The molecule has 3 heterocycles. The van der Waals surface area contributed by atoms with Gasteiger partial charge in [-0.05, 0) is 41.4 Å². The van der Waals surface area contributed by atoms with Crippen molar-refractivity contribution in [2.24, 2.45) is 0 Å². The number of fused-ring (bicyclic) bond motifs is 2. The smallest absolute Gasteiger partial charge is 0.231 e. The Hall–Kier alpha value is -1.90. The van der Waals surface area contributed by atoms with E-state index in [9.17, 15) is 4.79 Å². The molecule has 2 aromatic carbocycles. The molecule has 0 unspecified atom stereocenters. The molecule has 0 bridgehead atoms. The van der Waals surface area contributed by atoms with E-state index in [-0.39, 0.29) is 23.8 Å². The minimum absolute atomic E-state index is 0. The first-order chi connectivity index (χ1) is 13.7. The number of nitrogens with zero attached hydrogens (tertiary/aromatic N) is 4. The summed E-state index contributed by atoms with van der Waals surface area (Å²) in [6.07, 6.45) is 0.483. The lowest BCUT2D eigenvalue weighted by Crippen LogP contribution is -2.49. The van der Waals surface area contributed by atoms with Gasteiger partial charge in [0.05, 0.1) is 11.1 Å². The average Bonchev–Trinajstić information content (AvgIpc) is 3.27. The van der Waals surface area contributed by atoms with E-state index in [2.05, 4.69) is 38.4 Å². The summed E-state index contributed by atoms with van der Waals surface area (Å²) >= 11 is 7.70. The second-order valence-corrected chi connectivity index (χ2v) is 8.57. The van der Waals surface area contributed by atoms with E-state index >= 15 is 0 Å². The van der Waals surface area contributed by atoms with Gasteiger partial charge in [-0.25, -0.2) is 0 Å². The third kappa shape index (κ3) is 4.26. The molecule has 2 aliphatic rings. The van der Waals surface area contributed by atoms with E-state index in [1.165, 1.54) is 10.1 Å². The van der Waals surface area contributed by atoms with Gasteiger partial charge in [0.1, 0.15) is 5.82 Å². The SMILES string of the molecule is Cl.O.O=C1Cc2ccc(Cl)cc2N1CCN1CCN(c2nsc3ccccc23)CC1. The van der Waals surface area contributed by atoms with Crippen LogP contribution < -0.4 is 9.80 Å². The van der Waals surface area contributed by atoms with Crippen molar-refractivity contribution in [3.63, 3.8) is 0 Å². The Labute approximate surface area is 190 Å². The summed E-state index contributed by atoms with van der Waals surface area (Å²) in [7, 11) is 0. The number of halogens is 2. The van der Waals surface area contributed by atoms with Crippen LogP contribution in [0.5, 0.6) is 0 Å². The Kier molecular flexibility index (Phi) is 7.21. The fourth-order valence-corrected chi connectivity index (χ4v) is 5.06. The molecule has 0 aliphatic carbocycles. The molecule has 1 amide bonds. The molecule has 6 nitrogen and oxygen atoms in total. The van der Waals surface area contributed by atoms with Gasteiger partial charge in [0.15, 0.2) is 0 Å². The molecule has 0 radical (unpaired) electrons. The number of aromatic nitrogens is 1. The van der Waals surface area contributed by atoms with Crippen LogP contribution in [0.1, 0.15) is 5.56 Å². The molecule has 1 aromatic heterocycles. The van der Waals surface area contributed by atoms with Gasteiger partial charge in [-0.15, -0.1) is 12.4 Å². The van der Waals surface area contributed by atoms with Crippen LogP contribution >= 0.6 is 35.5 Å². The minimum Gasteiger partial charge on any atom is -0.412 e. The van der Waals surface area contributed by atoms with Crippen molar-refractivity contribution < 1.29 is 10.3 Å². The molecule has 1 saturated heterocycles. The van der Waals surface area contributed by atoms with Gasteiger partial charge < -0.3 is 15.3 Å². The average molecular weight is 467 g/mol. The summed E-state index contributed by atoms with van der Waals surface area (Å²) in [5, 5.41) is 1.93. The van der Waals surface area contributed by atoms with Gasteiger partial charge in [-0.2, -0.15) is 4.37 Å². The van der Waals surface area contributed by atoms with Gasteiger partial charge in [0, 0.05) is 55.4 Å². The largest absolute Gasteiger partial charge is 0.412 e. The summed E-state index contributed by atoms with van der Waals surface area (Å²) in [6, 6.07) is 14.2. The zero-order valence-electron chi connectivity index (χ0n) is 16.4. The number of benzene rings is 2. The molecule has 0 atom stereocenters. The predicted molar refractivity (Wildman–Crippen MR) is 127 cm³/mol. The quantitative estimate of drug-likeness (QED) is 0.591. The van der Waals surface area contributed by atoms with Crippen molar-refractivity contribution in [1.29, 1.82) is 0 Å². The molecular formula is C21H24Cl2N4O2S. The lowest BCUT2D eigenvalue weighted by atomic mass is 10.2. The second-order valence-electron chi connectivity index (χ2n) is 7.33. The van der Waals surface area contributed by atoms with Crippen molar-refractivity contribution in [3.05, 3.63) is 53.1 Å². The van der Waals surface area contributed by atoms with Crippen LogP contribution in [0.4, 0.5) is 11.5 Å². The second kappa shape index (κ2) is 9.49. The van der Waals surface area contributed by atoms with Crippen LogP contribution in [-0.4, -0.2) is 59.9 Å². The molecule has 2 N–H and O–H groups in total. The standard InChI is InChI=1S/C21H21ClN4OS.ClH.H2O/c22-16-6-5-15-13-20(27)26(18(15)14-16)12-9-24-7-10-25(11-8-24)21-17-3-1-2-4-19(17)28-23-21;;/h1-6,14H,7-13H2;1H;1H2. The van der Waals surface area contributed by atoms with Crippen LogP contribution in [0.3, 0.4) is 0 Å². The van der Waals surface area contributed by atoms with E-state index in [0.29, 0.717) is 18.0 Å². The molecule has 5 rings (SSSR count). The number of carbonyl (C=O) groups is 1. The van der Waals surface area contributed by atoms with Crippen LogP contribution in [-0.2, 0) is 11.2 Å². The highest BCUT2D eigenvalue weighted by Crippen LogP contribution is 2.32. The van der Waals surface area contributed by atoms with Crippen LogP contribution in [0.2, 0.25) is 5.02 Å².